The number of ether oxygens (including phenoxy) is 2. The van der Waals surface area contributed by atoms with Gasteiger partial charge in [0.25, 0.3) is 15.9 Å². The SMILES string of the molecule is CCOC(=O)C1(NC(=O)c2ccc(-c3cccc(NS(=O)(=O)c4cc(C)c(Cl)cc4C)c3)cc2C)CN(C(=O)OC(C)(C)C)C1. The second-order valence-corrected chi connectivity index (χ2v) is 14.2. The van der Waals surface area contributed by atoms with E-state index in [1.807, 2.05) is 6.07 Å². The van der Waals surface area contributed by atoms with Gasteiger partial charge in [0.15, 0.2) is 5.54 Å². The third-order valence-electron chi connectivity index (χ3n) is 7.26. The van der Waals surface area contributed by atoms with Crippen LogP contribution in [0.25, 0.3) is 11.1 Å². The number of halogens is 1. The number of likely N-dealkylation sites (tertiary alicyclic amines) is 1. The number of rotatable bonds is 8. The van der Waals surface area contributed by atoms with Gasteiger partial charge in [0, 0.05) is 16.3 Å². The number of amides is 2. The van der Waals surface area contributed by atoms with E-state index in [1.54, 1.807) is 97.0 Å². The zero-order chi connectivity index (χ0) is 33.3. The molecule has 0 aliphatic carbocycles. The number of hydrogen-bond donors (Lipinski definition) is 2. The number of benzene rings is 3. The maximum atomic E-state index is 13.4. The van der Waals surface area contributed by atoms with Crippen LogP contribution in [0.4, 0.5) is 10.5 Å². The van der Waals surface area contributed by atoms with E-state index in [0.717, 1.165) is 11.1 Å². The molecule has 10 nitrogen and oxygen atoms in total. The first-order valence-corrected chi connectivity index (χ1v) is 16.3. The lowest BCUT2D eigenvalue weighted by molar-refractivity contribution is -0.157. The predicted molar refractivity (Wildman–Crippen MR) is 173 cm³/mol. The summed E-state index contributed by atoms with van der Waals surface area (Å²) in [6.45, 7) is 12.1. The molecule has 4 rings (SSSR count). The molecule has 0 radical (unpaired) electrons. The fourth-order valence-corrected chi connectivity index (χ4v) is 6.57. The topological polar surface area (TPSA) is 131 Å². The van der Waals surface area contributed by atoms with Crippen molar-refractivity contribution in [2.75, 3.05) is 24.4 Å². The summed E-state index contributed by atoms with van der Waals surface area (Å²) < 4.78 is 39.7. The summed E-state index contributed by atoms with van der Waals surface area (Å²) in [6.07, 6.45) is -0.583. The van der Waals surface area contributed by atoms with Gasteiger partial charge in [-0.15, -0.1) is 0 Å². The lowest BCUT2D eigenvalue weighted by Gasteiger charge is -2.47. The molecule has 2 N–H and O–H groups in total. The largest absolute Gasteiger partial charge is 0.464 e. The van der Waals surface area contributed by atoms with Gasteiger partial charge in [0.1, 0.15) is 5.60 Å². The van der Waals surface area contributed by atoms with Crippen molar-refractivity contribution in [2.24, 2.45) is 0 Å². The Bertz CT molecular complexity index is 1760. The van der Waals surface area contributed by atoms with Crippen molar-refractivity contribution < 1.29 is 32.3 Å². The highest BCUT2D eigenvalue weighted by Crippen LogP contribution is 2.30. The molecule has 240 valence electrons. The highest BCUT2D eigenvalue weighted by Gasteiger charge is 2.54. The molecule has 45 heavy (non-hydrogen) atoms. The molecular weight excluding hydrogens is 618 g/mol. The Morgan fingerprint density at radius 3 is 2.22 bits per heavy atom. The summed E-state index contributed by atoms with van der Waals surface area (Å²) in [5.74, 6) is -1.12. The first kappa shape index (κ1) is 33.8. The second-order valence-electron chi connectivity index (χ2n) is 12.2. The van der Waals surface area contributed by atoms with Crippen LogP contribution in [0.3, 0.4) is 0 Å². The first-order chi connectivity index (χ1) is 20.9. The van der Waals surface area contributed by atoms with Gasteiger partial charge in [0.2, 0.25) is 0 Å². The number of carbonyl (C=O) groups excluding carboxylic acids is 3. The molecule has 0 spiro atoms. The smallest absolute Gasteiger partial charge is 0.410 e. The molecule has 1 saturated heterocycles. The quantitative estimate of drug-likeness (QED) is 0.284. The summed E-state index contributed by atoms with van der Waals surface area (Å²) in [5, 5.41) is 3.29. The monoisotopic (exact) mass is 655 g/mol. The average molecular weight is 656 g/mol. The predicted octanol–water partition coefficient (Wildman–Crippen LogP) is 6.02. The van der Waals surface area contributed by atoms with Gasteiger partial charge in [-0.3, -0.25) is 9.52 Å². The van der Waals surface area contributed by atoms with E-state index < -0.39 is 39.1 Å². The van der Waals surface area contributed by atoms with E-state index >= 15 is 0 Å². The maximum absolute atomic E-state index is 13.4. The van der Waals surface area contributed by atoms with Gasteiger partial charge in [-0.25, -0.2) is 18.0 Å². The number of nitrogens with one attached hydrogen (secondary N) is 2. The molecule has 0 aromatic heterocycles. The van der Waals surface area contributed by atoms with Crippen LogP contribution in [-0.2, 0) is 24.3 Å². The average Bonchev–Trinajstić information content (AvgIpc) is 2.91. The molecule has 0 unspecified atom stereocenters. The Hall–Kier alpha value is -4.09. The minimum absolute atomic E-state index is 0.0819. The van der Waals surface area contributed by atoms with Crippen molar-refractivity contribution in [3.8, 4) is 11.1 Å². The van der Waals surface area contributed by atoms with E-state index in [1.165, 1.54) is 4.90 Å². The van der Waals surface area contributed by atoms with E-state index in [9.17, 15) is 22.8 Å². The van der Waals surface area contributed by atoms with Gasteiger partial charge >= 0.3 is 12.1 Å². The van der Waals surface area contributed by atoms with Crippen molar-refractivity contribution in [3.05, 3.63) is 81.9 Å². The van der Waals surface area contributed by atoms with Gasteiger partial charge in [-0.1, -0.05) is 35.9 Å². The number of carbonyl (C=O) groups is 3. The molecule has 3 aromatic carbocycles. The summed E-state index contributed by atoms with van der Waals surface area (Å²) in [6, 6.07) is 15.3. The number of aryl methyl sites for hydroxylation is 3. The van der Waals surface area contributed by atoms with Crippen molar-refractivity contribution in [1.82, 2.24) is 10.2 Å². The molecule has 0 atom stereocenters. The van der Waals surface area contributed by atoms with Crippen LogP contribution in [0.1, 0.15) is 54.7 Å². The normalized spacial score (nSPS) is 14.3. The van der Waals surface area contributed by atoms with Gasteiger partial charge in [-0.2, -0.15) is 0 Å². The number of nitrogens with zero attached hydrogens (tertiary/aromatic N) is 1. The van der Waals surface area contributed by atoms with Gasteiger partial charge in [0.05, 0.1) is 24.6 Å². The van der Waals surface area contributed by atoms with Gasteiger partial charge in [-0.05, 0) is 107 Å². The molecular formula is C33H38ClN3O7S. The number of esters is 1. The highest BCUT2D eigenvalue weighted by atomic mass is 35.5. The molecule has 2 amide bonds. The Labute approximate surface area is 269 Å². The first-order valence-electron chi connectivity index (χ1n) is 14.4. The number of sulfonamides is 1. The molecule has 12 heteroatoms. The lowest BCUT2D eigenvalue weighted by atomic mass is 9.89. The van der Waals surface area contributed by atoms with Crippen LogP contribution < -0.4 is 10.0 Å². The summed E-state index contributed by atoms with van der Waals surface area (Å²) >= 11 is 6.15. The summed E-state index contributed by atoms with van der Waals surface area (Å²) in [5.41, 5.74) is 1.89. The van der Waals surface area contributed by atoms with E-state index in [2.05, 4.69) is 10.0 Å². The van der Waals surface area contributed by atoms with Crippen molar-refractivity contribution in [3.63, 3.8) is 0 Å². The fourth-order valence-electron chi connectivity index (χ4n) is 4.99. The van der Waals surface area contributed by atoms with Crippen LogP contribution in [0.5, 0.6) is 0 Å². The van der Waals surface area contributed by atoms with Crippen LogP contribution >= 0.6 is 11.6 Å². The molecule has 0 bridgehead atoms. The third kappa shape index (κ3) is 7.59. The van der Waals surface area contributed by atoms with Crippen molar-refractivity contribution in [1.29, 1.82) is 0 Å². The summed E-state index contributed by atoms with van der Waals surface area (Å²) in [7, 11) is -3.88. The maximum Gasteiger partial charge on any atom is 0.410 e. The molecule has 1 fully saturated rings. The zero-order valence-electron chi connectivity index (χ0n) is 26.4. The third-order valence-corrected chi connectivity index (χ3v) is 9.19. The number of anilines is 1. The van der Waals surface area contributed by atoms with Crippen LogP contribution in [0, 0.1) is 20.8 Å². The van der Waals surface area contributed by atoms with Crippen LogP contribution in [0.15, 0.2) is 59.5 Å². The van der Waals surface area contributed by atoms with E-state index in [4.69, 9.17) is 21.1 Å². The molecule has 1 aliphatic rings. The lowest BCUT2D eigenvalue weighted by Crippen LogP contribution is -2.75. The van der Waals surface area contributed by atoms with E-state index in [0.29, 0.717) is 33.0 Å². The second kappa shape index (κ2) is 12.7. The fraction of sp³-hybridized carbons (Fsp3) is 0.364. The van der Waals surface area contributed by atoms with Crippen molar-refractivity contribution in [2.45, 2.75) is 64.5 Å². The zero-order valence-corrected chi connectivity index (χ0v) is 28.0. The Balaban J connectivity index is 1.52. The van der Waals surface area contributed by atoms with Crippen LogP contribution in [0.2, 0.25) is 5.02 Å². The van der Waals surface area contributed by atoms with E-state index in [-0.39, 0.29) is 24.6 Å². The number of hydrogen-bond acceptors (Lipinski definition) is 7. The Kier molecular flexibility index (Phi) is 9.56. The Morgan fingerprint density at radius 1 is 0.933 bits per heavy atom. The standard InChI is InChI=1S/C33H38ClN3O7S/c1-8-43-30(39)33(18-37(19-33)31(40)44-32(5,6)7)35-29(38)26-13-12-24(14-20(26)2)23-10-9-11-25(17-23)36-45(41,42)28-16-21(3)27(34)15-22(28)4/h9-17,36H,8,18-19H2,1-7H3,(H,35,38). The minimum Gasteiger partial charge on any atom is -0.464 e. The summed E-state index contributed by atoms with van der Waals surface area (Å²) in [4.78, 5) is 40.3. The molecule has 3 aromatic rings. The highest BCUT2D eigenvalue weighted by molar-refractivity contribution is 7.92. The minimum atomic E-state index is -3.88. The molecule has 1 heterocycles. The molecule has 0 saturated carbocycles. The van der Waals surface area contributed by atoms with Gasteiger partial charge < -0.3 is 19.7 Å². The van der Waals surface area contributed by atoms with Crippen molar-refractivity contribution >= 4 is 45.3 Å². The van der Waals surface area contributed by atoms with Crippen LogP contribution in [-0.4, -0.2) is 62.1 Å². The molecule has 1 aliphatic heterocycles. The Morgan fingerprint density at radius 2 is 1.60 bits per heavy atom.